The first-order chi connectivity index (χ1) is 11.0. The number of carboxylic acids is 1. The Morgan fingerprint density at radius 3 is 2.61 bits per heavy atom. The predicted octanol–water partition coefficient (Wildman–Crippen LogP) is 2.18. The van der Waals surface area contributed by atoms with Crippen LogP contribution in [0.3, 0.4) is 0 Å². The van der Waals surface area contributed by atoms with Crippen LogP contribution in [-0.4, -0.2) is 22.9 Å². The molecule has 6 heteroatoms. The predicted molar refractivity (Wildman–Crippen MR) is 85.0 cm³/mol. The number of aliphatic carboxylic acids is 1. The van der Waals surface area contributed by atoms with Gasteiger partial charge in [0.15, 0.2) is 0 Å². The molecule has 2 amide bonds. The average Bonchev–Trinajstić information content (AvgIpc) is 2.55. The third-order valence-electron chi connectivity index (χ3n) is 4.35. The summed E-state index contributed by atoms with van der Waals surface area (Å²) in [6.45, 7) is 0. The molecular formula is C17H18N2O4. The van der Waals surface area contributed by atoms with Crippen molar-refractivity contribution in [3.63, 3.8) is 0 Å². The van der Waals surface area contributed by atoms with Crippen molar-refractivity contribution in [3.05, 3.63) is 35.9 Å². The van der Waals surface area contributed by atoms with E-state index in [1.165, 1.54) is 0 Å². The number of allylic oxidation sites excluding steroid dienone is 2. The molecule has 1 aliphatic carbocycles. The summed E-state index contributed by atoms with van der Waals surface area (Å²) in [5.41, 5.74) is 2.37. The number of benzene rings is 1. The van der Waals surface area contributed by atoms with Crippen LogP contribution in [0, 0.1) is 11.8 Å². The summed E-state index contributed by atoms with van der Waals surface area (Å²) in [5.74, 6) is -2.47. The van der Waals surface area contributed by atoms with Crippen molar-refractivity contribution in [1.29, 1.82) is 0 Å². The van der Waals surface area contributed by atoms with Gasteiger partial charge < -0.3 is 15.7 Å². The number of hydrogen-bond donors (Lipinski definition) is 3. The average molecular weight is 314 g/mol. The third-order valence-corrected chi connectivity index (χ3v) is 4.35. The minimum absolute atomic E-state index is 0.00687. The molecule has 6 nitrogen and oxygen atoms in total. The standard InChI is InChI=1S/C17H18N2O4/c20-15-8-5-10-9-11(6-7-14(10)19-15)18-16(21)12-3-1-2-4-13(12)17(22)23/h1-2,6-7,9,12-13H,3-5,8H2,(H,18,21)(H,19,20)(H,22,23)/t12-,13+/m1/s1. The molecule has 1 heterocycles. The number of nitrogens with one attached hydrogen (secondary N) is 2. The van der Waals surface area contributed by atoms with E-state index in [-0.39, 0.29) is 11.8 Å². The molecule has 0 saturated carbocycles. The lowest BCUT2D eigenvalue weighted by molar-refractivity contribution is -0.146. The molecule has 0 unspecified atom stereocenters. The summed E-state index contributed by atoms with van der Waals surface area (Å²) in [5, 5.41) is 14.8. The topological polar surface area (TPSA) is 95.5 Å². The van der Waals surface area contributed by atoms with Crippen molar-refractivity contribution in [2.45, 2.75) is 25.7 Å². The maximum Gasteiger partial charge on any atom is 0.307 e. The minimum atomic E-state index is -0.942. The Kier molecular flexibility index (Phi) is 4.14. The van der Waals surface area contributed by atoms with Crippen LogP contribution in [0.2, 0.25) is 0 Å². The molecule has 3 N–H and O–H groups in total. The molecule has 0 spiro atoms. The fourth-order valence-electron chi connectivity index (χ4n) is 3.07. The summed E-state index contributed by atoms with van der Waals surface area (Å²) < 4.78 is 0. The Balaban J connectivity index is 1.74. The fourth-order valence-corrected chi connectivity index (χ4v) is 3.07. The van der Waals surface area contributed by atoms with Gasteiger partial charge in [0.2, 0.25) is 11.8 Å². The normalized spacial score (nSPS) is 22.9. The van der Waals surface area contributed by atoms with E-state index in [1.54, 1.807) is 12.1 Å². The maximum atomic E-state index is 12.4. The summed E-state index contributed by atoms with van der Waals surface area (Å²) in [7, 11) is 0. The highest BCUT2D eigenvalue weighted by Crippen LogP contribution is 2.29. The van der Waals surface area contributed by atoms with Crippen LogP contribution in [0.4, 0.5) is 11.4 Å². The van der Waals surface area contributed by atoms with Crippen molar-refractivity contribution >= 4 is 29.2 Å². The van der Waals surface area contributed by atoms with Crippen molar-refractivity contribution in [2.75, 3.05) is 10.6 Å². The van der Waals surface area contributed by atoms with E-state index in [0.717, 1.165) is 11.3 Å². The van der Waals surface area contributed by atoms with Gasteiger partial charge in [-0.05, 0) is 43.0 Å². The molecule has 120 valence electrons. The molecule has 2 aliphatic rings. The molecule has 0 saturated heterocycles. The van der Waals surface area contributed by atoms with E-state index in [9.17, 15) is 19.5 Å². The van der Waals surface area contributed by atoms with Crippen LogP contribution in [0.5, 0.6) is 0 Å². The van der Waals surface area contributed by atoms with Gasteiger partial charge in [0.05, 0.1) is 11.8 Å². The van der Waals surface area contributed by atoms with E-state index in [0.29, 0.717) is 31.4 Å². The third kappa shape index (κ3) is 3.26. The van der Waals surface area contributed by atoms with E-state index >= 15 is 0 Å². The van der Waals surface area contributed by atoms with E-state index < -0.39 is 17.8 Å². The molecule has 23 heavy (non-hydrogen) atoms. The molecule has 3 rings (SSSR count). The zero-order valence-electron chi connectivity index (χ0n) is 12.5. The number of carbonyl (C=O) groups excluding carboxylic acids is 2. The lowest BCUT2D eigenvalue weighted by Gasteiger charge is -2.24. The van der Waals surface area contributed by atoms with Crippen molar-refractivity contribution < 1.29 is 19.5 Å². The zero-order valence-corrected chi connectivity index (χ0v) is 12.5. The van der Waals surface area contributed by atoms with Gasteiger partial charge in [-0.25, -0.2) is 0 Å². The number of carboxylic acid groups (broad SMARTS) is 1. The lowest BCUT2D eigenvalue weighted by atomic mass is 9.82. The molecule has 0 bridgehead atoms. The molecule has 0 fully saturated rings. The first kappa shape index (κ1) is 15.3. The second-order valence-corrected chi connectivity index (χ2v) is 5.90. The summed E-state index contributed by atoms with van der Waals surface area (Å²) in [6.07, 6.45) is 5.54. The molecule has 0 radical (unpaired) electrons. The Bertz CT molecular complexity index is 696. The molecule has 1 aromatic carbocycles. The second-order valence-electron chi connectivity index (χ2n) is 5.90. The Morgan fingerprint density at radius 1 is 1.13 bits per heavy atom. The van der Waals surface area contributed by atoms with E-state index in [1.807, 2.05) is 18.2 Å². The van der Waals surface area contributed by atoms with Gasteiger partial charge in [-0.15, -0.1) is 0 Å². The number of amides is 2. The second kappa shape index (κ2) is 6.24. The van der Waals surface area contributed by atoms with Crippen LogP contribution < -0.4 is 10.6 Å². The summed E-state index contributed by atoms with van der Waals surface area (Å²) in [4.78, 5) is 35.1. The number of fused-ring (bicyclic) bond motifs is 1. The molecule has 0 aromatic heterocycles. The lowest BCUT2D eigenvalue weighted by Crippen LogP contribution is -2.34. The summed E-state index contributed by atoms with van der Waals surface area (Å²) >= 11 is 0. The smallest absolute Gasteiger partial charge is 0.307 e. The Hall–Kier alpha value is -2.63. The highest BCUT2D eigenvalue weighted by Gasteiger charge is 2.34. The molecular weight excluding hydrogens is 296 g/mol. The highest BCUT2D eigenvalue weighted by atomic mass is 16.4. The van der Waals surface area contributed by atoms with Crippen molar-refractivity contribution in [3.8, 4) is 0 Å². The van der Waals surface area contributed by atoms with Gasteiger partial charge in [0, 0.05) is 17.8 Å². The van der Waals surface area contributed by atoms with Crippen LogP contribution in [0.1, 0.15) is 24.8 Å². The van der Waals surface area contributed by atoms with Gasteiger partial charge in [0.1, 0.15) is 0 Å². The van der Waals surface area contributed by atoms with Gasteiger partial charge >= 0.3 is 5.97 Å². The number of hydrogen-bond acceptors (Lipinski definition) is 3. The van der Waals surface area contributed by atoms with Gasteiger partial charge in [-0.3, -0.25) is 14.4 Å². The maximum absolute atomic E-state index is 12.4. The Morgan fingerprint density at radius 2 is 1.87 bits per heavy atom. The Labute approximate surface area is 133 Å². The number of anilines is 2. The first-order valence-corrected chi connectivity index (χ1v) is 7.66. The molecule has 1 aromatic rings. The highest BCUT2D eigenvalue weighted by molar-refractivity contribution is 5.97. The van der Waals surface area contributed by atoms with E-state index in [4.69, 9.17) is 0 Å². The zero-order chi connectivity index (χ0) is 16.4. The number of rotatable bonds is 3. The quantitative estimate of drug-likeness (QED) is 0.745. The fraction of sp³-hybridized carbons (Fsp3) is 0.353. The van der Waals surface area contributed by atoms with Crippen LogP contribution in [0.25, 0.3) is 0 Å². The number of carbonyl (C=O) groups is 3. The summed E-state index contributed by atoms with van der Waals surface area (Å²) in [6, 6.07) is 5.31. The number of aryl methyl sites for hydroxylation is 1. The van der Waals surface area contributed by atoms with Crippen LogP contribution in [0.15, 0.2) is 30.4 Å². The van der Waals surface area contributed by atoms with E-state index in [2.05, 4.69) is 10.6 Å². The van der Waals surface area contributed by atoms with Crippen LogP contribution in [-0.2, 0) is 20.8 Å². The monoisotopic (exact) mass is 314 g/mol. The first-order valence-electron chi connectivity index (χ1n) is 7.66. The van der Waals surface area contributed by atoms with Crippen LogP contribution >= 0.6 is 0 Å². The molecule has 1 aliphatic heterocycles. The van der Waals surface area contributed by atoms with Crippen molar-refractivity contribution in [1.82, 2.24) is 0 Å². The largest absolute Gasteiger partial charge is 0.481 e. The van der Waals surface area contributed by atoms with Gasteiger partial charge in [-0.2, -0.15) is 0 Å². The van der Waals surface area contributed by atoms with Gasteiger partial charge in [0.25, 0.3) is 0 Å². The minimum Gasteiger partial charge on any atom is -0.481 e. The SMILES string of the molecule is O=C1CCc2cc(NC(=O)[C@@H]3CC=CC[C@@H]3C(=O)O)ccc2N1. The van der Waals surface area contributed by atoms with Crippen molar-refractivity contribution in [2.24, 2.45) is 11.8 Å². The van der Waals surface area contributed by atoms with Gasteiger partial charge in [-0.1, -0.05) is 12.2 Å². The molecule has 2 atom stereocenters.